The second kappa shape index (κ2) is 11.4. The van der Waals surface area contributed by atoms with E-state index in [4.69, 9.17) is 25.9 Å². The van der Waals surface area contributed by atoms with Gasteiger partial charge >= 0.3 is 6.01 Å². The molecular weight excluding hydrogens is 638 g/mol. The number of ether oxygens (including phenoxy) is 2. The topological polar surface area (TPSA) is 103 Å². The molecule has 1 aromatic heterocycles. The lowest BCUT2D eigenvalue weighted by molar-refractivity contribution is -0.0218. The van der Waals surface area contributed by atoms with Crippen molar-refractivity contribution < 1.29 is 27.6 Å². The van der Waals surface area contributed by atoms with Crippen LogP contribution in [0.3, 0.4) is 0 Å². The van der Waals surface area contributed by atoms with Gasteiger partial charge in [-0.1, -0.05) is 12.0 Å². The van der Waals surface area contributed by atoms with Crippen molar-refractivity contribution in [1.82, 2.24) is 24.5 Å². The predicted octanol–water partition coefficient (Wildman–Crippen LogP) is 3.59. The number of halogens is 2. The molecule has 0 aliphatic carbocycles. The zero-order valence-electron chi connectivity index (χ0n) is 26.3. The normalized spacial score (nSPS) is 29.8. The molecule has 0 radical (unpaired) electrons. The Bertz CT molecular complexity index is 1920. The van der Waals surface area contributed by atoms with Crippen molar-refractivity contribution in [1.29, 1.82) is 0 Å². The van der Waals surface area contributed by atoms with Crippen molar-refractivity contribution in [3.05, 3.63) is 46.9 Å². The van der Waals surface area contributed by atoms with Gasteiger partial charge in [0, 0.05) is 49.1 Å². The highest BCUT2D eigenvalue weighted by atomic mass is 32.2. The second-order valence-corrected chi connectivity index (χ2v) is 15.2. The van der Waals surface area contributed by atoms with Crippen molar-refractivity contribution in [2.45, 2.75) is 66.8 Å². The molecule has 5 atom stereocenters. The van der Waals surface area contributed by atoms with Gasteiger partial charge in [-0.05, 0) is 61.9 Å². The first kappa shape index (κ1) is 30.2. The van der Waals surface area contributed by atoms with Crippen LogP contribution in [-0.2, 0) is 15.7 Å². The summed E-state index contributed by atoms with van der Waals surface area (Å²) in [4.78, 5) is 14.6. The highest BCUT2D eigenvalue weighted by Crippen LogP contribution is 2.45. The smallest absolute Gasteiger partial charge is 0.319 e. The minimum atomic E-state index is -1.81. The van der Waals surface area contributed by atoms with E-state index >= 15 is 4.39 Å². The van der Waals surface area contributed by atoms with Crippen LogP contribution < -0.4 is 15.0 Å². The van der Waals surface area contributed by atoms with Gasteiger partial charge in [0.1, 0.15) is 29.2 Å². The molecule has 250 valence electrons. The van der Waals surface area contributed by atoms with Crippen molar-refractivity contribution in [2.75, 3.05) is 50.9 Å². The fraction of sp³-hybridized carbons (Fsp3) is 0.486. The Morgan fingerprint density at radius 3 is 2.75 bits per heavy atom. The van der Waals surface area contributed by atoms with Crippen LogP contribution >= 0.6 is 0 Å². The third-order valence-electron chi connectivity index (χ3n) is 10.9. The van der Waals surface area contributed by atoms with E-state index in [1.54, 1.807) is 10.4 Å². The van der Waals surface area contributed by atoms with E-state index in [0.29, 0.717) is 89.8 Å². The van der Waals surface area contributed by atoms with Gasteiger partial charge in [-0.25, -0.2) is 13.0 Å². The summed E-state index contributed by atoms with van der Waals surface area (Å²) >= 11 is 0. The van der Waals surface area contributed by atoms with Crippen LogP contribution in [0.5, 0.6) is 11.8 Å². The molecule has 3 unspecified atom stereocenters. The Morgan fingerprint density at radius 1 is 1.19 bits per heavy atom. The van der Waals surface area contributed by atoms with Crippen LogP contribution in [0, 0.1) is 18.2 Å². The van der Waals surface area contributed by atoms with Crippen LogP contribution in [0.4, 0.5) is 14.6 Å². The number of nitrogens with one attached hydrogen (secondary N) is 1. The van der Waals surface area contributed by atoms with Gasteiger partial charge in [0.15, 0.2) is 16.8 Å². The molecule has 0 spiro atoms. The van der Waals surface area contributed by atoms with Crippen molar-refractivity contribution >= 4 is 39.3 Å². The predicted molar refractivity (Wildman–Crippen MR) is 177 cm³/mol. The molecule has 5 fully saturated rings. The summed E-state index contributed by atoms with van der Waals surface area (Å²) < 4.78 is 58.4. The minimum Gasteiger partial charge on any atom is -0.508 e. The maximum Gasteiger partial charge on any atom is 0.319 e. The number of benzene rings is 2. The van der Waals surface area contributed by atoms with E-state index < -0.39 is 28.5 Å². The number of nitrogens with zero attached hydrogens (tertiary/aromatic N) is 5. The van der Waals surface area contributed by atoms with Gasteiger partial charge in [0.05, 0.1) is 41.7 Å². The molecule has 2 bridgehead atoms. The lowest BCUT2D eigenvalue weighted by Gasteiger charge is -2.42. The second-order valence-electron chi connectivity index (χ2n) is 13.9. The van der Waals surface area contributed by atoms with Gasteiger partial charge in [-0.2, -0.15) is 9.97 Å². The SMILES string of the molecule is C#Cc1c(F)ccc2cc(O)cc(C3=Cc4nc(OC[C@@]56CCCN5C[C@H](F)C6)nc(N5CC6CCC(C5)N6)c4S(=O)N3C3COC3)c12. The number of rotatable bonds is 6. The molecular formula is C35H36F2N6O4S. The van der Waals surface area contributed by atoms with Crippen LogP contribution in [0.2, 0.25) is 0 Å². The summed E-state index contributed by atoms with van der Waals surface area (Å²) in [6.07, 6.45) is 11.1. The van der Waals surface area contributed by atoms with Gasteiger partial charge < -0.3 is 24.8 Å². The number of fused-ring (bicyclic) bond motifs is 5. The van der Waals surface area contributed by atoms with E-state index in [0.717, 1.165) is 32.2 Å². The number of piperazine rings is 1. The summed E-state index contributed by atoms with van der Waals surface area (Å²) in [7, 11) is -1.81. The zero-order valence-corrected chi connectivity index (χ0v) is 27.1. The number of phenolic OH excluding ortho intramolecular Hbond substituents is 1. The van der Waals surface area contributed by atoms with E-state index in [-0.39, 0.29) is 30.0 Å². The first-order chi connectivity index (χ1) is 23.3. The van der Waals surface area contributed by atoms with Crippen molar-refractivity contribution in [3.63, 3.8) is 0 Å². The quantitative estimate of drug-likeness (QED) is 0.380. The fourth-order valence-electron chi connectivity index (χ4n) is 8.63. The Morgan fingerprint density at radius 2 is 2.00 bits per heavy atom. The van der Waals surface area contributed by atoms with Crippen molar-refractivity contribution in [3.8, 4) is 24.1 Å². The van der Waals surface area contributed by atoms with E-state index in [1.165, 1.54) is 18.2 Å². The lowest BCUT2D eigenvalue weighted by atomic mass is 9.95. The monoisotopic (exact) mass is 674 g/mol. The molecule has 2 aromatic carbocycles. The standard InChI is InChI=1S/C35H36F2N6O4S/c1-2-26-28(37)7-4-20-10-25(44)11-27(31(20)26)30-12-29-32(48(45)43(30)24-17-46-18-24)33(41-15-22-5-6-23(16-41)38-22)40-34(39-29)47-19-35-8-3-9-42(35)14-21(36)13-35/h1,4,7,10-12,21-24,38,44H,3,5-6,8-9,13-19H2/t21-,22?,23?,35+,48?/m1/s1. The number of anilines is 1. The molecule has 13 heteroatoms. The molecule has 9 rings (SSSR count). The van der Waals surface area contributed by atoms with Crippen LogP contribution in [0.1, 0.15) is 48.9 Å². The van der Waals surface area contributed by atoms with E-state index in [9.17, 15) is 13.7 Å². The van der Waals surface area contributed by atoms with Gasteiger partial charge in [-0.15, -0.1) is 6.42 Å². The molecule has 3 aromatic rings. The van der Waals surface area contributed by atoms with Crippen LogP contribution in [-0.4, -0.2) is 104 Å². The first-order valence-electron chi connectivity index (χ1n) is 16.7. The molecule has 6 aliphatic heterocycles. The molecule has 5 saturated heterocycles. The summed E-state index contributed by atoms with van der Waals surface area (Å²) in [5.41, 5.74) is 0.984. The average molecular weight is 675 g/mol. The molecule has 0 amide bonds. The highest BCUT2D eigenvalue weighted by Gasteiger charge is 2.50. The lowest BCUT2D eigenvalue weighted by Crippen LogP contribution is -2.53. The van der Waals surface area contributed by atoms with Gasteiger partial charge in [-0.3, -0.25) is 9.21 Å². The number of hydrogen-bond acceptors (Lipinski definition) is 9. The van der Waals surface area contributed by atoms with Crippen molar-refractivity contribution in [2.24, 2.45) is 0 Å². The largest absolute Gasteiger partial charge is 0.508 e. The van der Waals surface area contributed by atoms with Crippen LogP contribution in [0.25, 0.3) is 22.5 Å². The Kier molecular flexibility index (Phi) is 7.16. The molecule has 2 N–H and O–H groups in total. The highest BCUT2D eigenvalue weighted by molar-refractivity contribution is 7.83. The number of aromatic hydroxyl groups is 1. The zero-order chi connectivity index (χ0) is 32.7. The first-order valence-corrected chi connectivity index (χ1v) is 17.8. The molecule has 48 heavy (non-hydrogen) atoms. The third-order valence-corrected chi connectivity index (χ3v) is 12.5. The Balaban J connectivity index is 1.21. The molecule has 0 saturated carbocycles. The summed E-state index contributed by atoms with van der Waals surface area (Å²) in [5, 5.41) is 15.5. The molecule has 10 nitrogen and oxygen atoms in total. The number of aromatic nitrogens is 2. The molecule has 6 aliphatic rings. The maximum atomic E-state index is 15.1. The summed E-state index contributed by atoms with van der Waals surface area (Å²) in [5.74, 6) is 2.44. The number of hydrogen-bond donors (Lipinski definition) is 2. The fourth-order valence-corrected chi connectivity index (χ4v) is 10.2. The Hall–Kier alpha value is -3.83. The number of alkyl halides is 1. The summed E-state index contributed by atoms with van der Waals surface area (Å²) in [6, 6.07) is 6.38. The van der Waals surface area contributed by atoms with Gasteiger partial charge in [0.25, 0.3) is 0 Å². The van der Waals surface area contributed by atoms with E-state index in [1.807, 2.05) is 6.08 Å². The maximum absolute atomic E-state index is 15.1. The third kappa shape index (κ3) is 4.79. The van der Waals surface area contributed by atoms with Crippen LogP contribution in [0.15, 0.2) is 29.2 Å². The number of terminal acetylenes is 1. The van der Waals surface area contributed by atoms with E-state index in [2.05, 4.69) is 21.0 Å². The molecule has 7 heterocycles. The average Bonchev–Trinajstić information content (AvgIpc) is 3.69. The number of phenols is 1. The minimum absolute atomic E-state index is 0.0406. The van der Waals surface area contributed by atoms with Gasteiger partial charge in [0.2, 0.25) is 0 Å². The summed E-state index contributed by atoms with van der Waals surface area (Å²) in [6.45, 7) is 3.59. The Labute approximate surface area is 279 Å².